The van der Waals surface area contributed by atoms with Crippen LogP contribution in [0.15, 0.2) is 6.07 Å². The van der Waals surface area contributed by atoms with E-state index < -0.39 is 5.82 Å². The molecule has 94 valence electrons. The number of rotatable bonds is 4. The number of carbonyl (C=O) groups excluding carboxylic acids is 1. The summed E-state index contributed by atoms with van der Waals surface area (Å²) in [7, 11) is 1.53. The molecule has 0 aliphatic heterocycles. The zero-order valence-electron chi connectivity index (χ0n) is 9.31. The number of hydrogen-bond acceptors (Lipinski definition) is 4. The summed E-state index contributed by atoms with van der Waals surface area (Å²) in [4.78, 5) is 11.0. The van der Waals surface area contributed by atoms with Crippen LogP contribution in [0.5, 0.6) is 0 Å². The van der Waals surface area contributed by atoms with Crippen LogP contribution in [0.1, 0.15) is 6.42 Å². The van der Waals surface area contributed by atoms with Crippen LogP contribution in [0, 0.1) is 5.82 Å². The summed E-state index contributed by atoms with van der Waals surface area (Å²) in [5.41, 5.74) is 11.3. The number of anilines is 3. The van der Waals surface area contributed by atoms with E-state index in [4.69, 9.17) is 23.1 Å². The molecule has 1 aromatic rings. The zero-order valence-corrected chi connectivity index (χ0v) is 10.1. The van der Waals surface area contributed by atoms with Crippen molar-refractivity contribution in [1.29, 1.82) is 0 Å². The van der Waals surface area contributed by atoms with Gasteiger partial charge < -0.3 is 22.1 Å². The van der Waals surface area contributed by atoms with Gasteiger partial charge in [-0.3, -0.25) is 4.79 Å². The molecule has 0 fully saturated rings. The molecule has 6 N–H and O–H groups in total. The van der Waals surface area contributed by atoms with Crippen LogP contribution in [0.2, 0.25) is 5.02 Å². The molecule has 0 unspecified atom stereocenters. The molecule has 17 heavy (non-hydrogen) atoms. The first kappa shape index (κ1) is 13.4. The molecule has 1 rings (SSSR count). The molecule has 1 aromatic carbocycles. The van der Waals surface area contributed by atoms with Gasteiger partial charge in [-0.05, 0) is 6.07 Å². The lowest BCUT2D eigenvalue weighted by Gasteiger charge is -2.12. The Morgan fingerprint density at radius 1 is 1.47 bits per heavy atom. The quantitative estimate of drug-likeness (QED) is 0.612. The maximum absolute atomic E-state index is 13.7. The number of carbonyl (C=O) groups is 1. The van der Waals surface area contributed by atoms with E-state index in [1.54, 1.807) is 0 Å². The van der Waals surface area contributed by atoms with Crippen molar-refractivity contribution in [2.45, 2.75) is 6.42 Å². The molecule has 0 heterocycles. The van der Waals surface area contributed by atoms with Crippen LogP contribution < -0.4 is 22.1 Å². The Kier molecular flexibility index (Phi) is 4.39. The van der Waals surface area contributed by atoms with E-state index in [9.17, 15) is 9.18 Å². The Hall–Kier alpha value is -1.69. The van der Waals surface area contributed by atoms with Gasteiger partial charge >= 0.3 is 0 Å². The highest BCUT2D eigenvalue weighted by atomic mass is 35.5. The maximum Gasteiger partial charge on any atom is 0.221 e. The first-order chi connectivity index (χ1) is 7.97. The van der Waals surface area contributed by atoms with Crippen molar-refractivity contribution in [3.05, 3.63) is 16.9 Å². The smallest absolute Gasteiger partial charge is 0.221 e. The molecule has 0 aliphatic carbocycles. The first-order valence-electron chi connectivity index (χ1n) is 4.94. The molecule has 0 saturated carbocycles. The van der Waals surface area contributed by atoms with Crippen molar-refractivity contribution in [1.82, 2.24) is 5.32 Å². The summed E-state index contributed by atoms with van der Waals surface area (Å²) < 4.78 is 13.7. The summed E-state index contributed by atoms with van der Waals surface area (Å²) in [5.74, 6) is -0.862. The van der Waals surface area contributed by atoms with Gasteiger partial charge in [0.1, 0.15) is 5.02 Å². The van der Waals surface area contributed by atoms with E-state index in [1.807, 2.05) is 0 Å². The van der Waals surface area contributed by atoms with Crippen LogP contribution in [0.25, 0.3) is 0 Å². The predicted molar refractivity (Wildman–Crippen MR) is 67.4 cm³/mol. The van der Waals surface area contributed by atoms with E-state index in [0.29, 0.717) is 0 Å². The van der Waals surface area contributed by atoms with Gasteiger partial charge in [-0.25, -0.2) is 4.39 Å². The van der Waals surface area contributed by atoms with Gasteiger partial charge in [-0.2, -0.15) is 0 Å². The Bertz CT molecular complexity index is 439. The Balaban J connectivity index is 2.78. The van der Waals surface area contributed by atoms with Crippen LogP contribution in [0.4, 0.5) is 21.5 Å². The highest BCUT2D eigenvalue weighted by molar-refractivity contribution is 6.33. The molecule has 5 nitrogen and oxygen atoms in total. The van der Waals surface area contributed by atoms with E-state index in [1.165, 1.54) is 13.1 Å². The largest absolute Gasteiger partial charge is 0.397 e. The van der Waals surface area contributed by atoms with Gasteiger partial charge in [-0.1, -0.05) is 11.6 Å². The van der Waals surface area contributed by atoms with E-state index >= 15 is 0 Å². The third kappa shape index (κ3) is 3.13. The SMILES string of the molecule is CNC(=O)CCNc1c(N)cc(N)c(Cl)c1F. The first-order valence-corrected chi connectivity index (χ1v) is 5.32. The van der Waals surface area contributed by atoms with E-state index in [2.05, 4.69) is 10.6 Å². The number of hydrogen-bond donors (Lipinski definition) is 4. The summed E-state index contributed by atoms with van der Waals surface area (Å²) in [6.07, 6.45) is 0.206. The van der Waals surface area contributed by atoms with Crippen molar-refractivity contribution >= 4 is 34.6 Å². The van der Waals surface area contributed by atoms with E-state index in [-0.39, 0.29) is 41.0 Å². The summed E-state index contributed by atoms with van der Waals surface area (Å²) in [6, 6.07) is 1.37. The molecule has 1 amide bonds. The molecular formula is C10H14ClFN4O. The van der Waals surface area contributed by atoms with Gasteiger partial charge in [0.25, 0.3) is 0 Å². The third-order valence-corrected chi connectivity index (χ3v) is 2.58. The number of nitrogens with one attached hydrogen (secondary N) is 2. The van der Waals surface area contributed by atoms with Gasteiger partial charge in [0.15, 0.2) is 5.82 Å². The molecule has 0 aromatic heterocycles. The van der Waals surface area contributed by atoms with Gasteiger partial charge in [0.2, 0.25) is 5.91 Å². The van der Waals surface area contributed by atoms with E-state index in [0.717, 1.165) is 0 Å². The van der Waals surface area contributed by atoms with Gasteiger partial charge in [-0.15, -0.1) is 0 Å². The average molecular weight is 261 g/mol. The molecule has 0 bridgehead atoms. The molecule has 0 atom stereocenters. The van der Waals surface area contributed by atoms with Gasteiger partial charge in [0.05, 0.1) is 17.1 Å². The van der Waals surface area contributed by atoms with Crippen LogP contribution >= 0.6 is 11.6 Å². The fraction of sp³-hybridized carbons (Fsp3) is 0.300. The number of nitrogen functional groups attached to an aromatic ring is 2. The minimum Gasteiger partial charge on any atom is -0.397 e. The second kappa shape index (κ2) is 5.58. The summed E-state index contributed by atoms with van der Waals surface area (Å²) in [5, 5.41) is 4.99. The van der Waals surface area contributed by atoms with Gasteiger partial charge in [0, 0.05) is 20.0 Å². The standard InChI is InChI=1S/C10H14ClFN4O/c1-15-7(17)2-3-16-10-6(14)4-5(13)8(11)9(10)12/h4,16H,2-3,13-14H2,1H3,(H,15,17). The lowest BCUT2D eigenvalue weighted by atomic mass is 10.2. The number of halogens is 2. The summed E-state index contributed by atoms with van der Waals surface area (Å²) >= 11 is 5.65. The molecule has 0 radical (unpaired) electrons. The lowest BCUT2D eigenvalue weighted by Crippen LogP contribution is -2.21. The van der Waals surface area contributed by atoms with Crippen LogP contribution in [-0.4, -0.2) is 19.5 Å². The van der Waals surface area contributed by atoms with Crippen molar-refractivity contribution in [2.24, 2.45) is 0 Å². The Morgan fingerprint density at radius 2 is 2.12 bits per heavy atom. The van der Waals surface area contributed by atoms with Crippen molar-refractivity contribution in [2.75, 3.05) is 30.4 Å². The lowest BCUT2D eigenvalue weighted by molar-refractivity contribution is -0.120. The topological polar surface area (TPSA) is 93.2 Å². The monoisotopic (exact) mass is 260 g/mol. The minimum absolute atomic E-state index is 0.0631. The molecule has 0 spiro atoms. The van der Waals surface area contributed by atoms with Crippen LogP contribution in [-0.2, 0) is 4.79 Å². The molecule has 0 aliphatic rings. The highest BCUT2D eigenvalue weighted by Gasteiger charge is 2.13. The second-order valence-electron chi connectivity index (χ2n) is 3.41. The fourth-order valence-corrected chi connectivity index (χ4v) is 1.42. The highest BCUT2D eigenvalue weighted by Crippen LogP contribution is 2.33. The third-order valence-electron chi connectivity index (χ3n) is 2.20. The van der Waals surface area contributed by atoms with Crippen molar-refractivity contribution < 1.29 is 9.18 Å². The summed E-state index contributed by atoms with van der Waals surface area (Å²) in [6.45, 7) is 0.251. The molecule has 7 heteroatoms. The van der Waals surface area contributed by atoms with Crippen LogP contribution in [0.3, 0.4) is 0 Å². The zero-order chi connectivity index (χ0) is 13.0. The maximum atomic E-state index is 13.7. The van der Waals surface area contributed by atoms with Crippen molar-refractivity contribution in [3.63, 3.8) is 0 Å². The number of nitrogens with two attached hydrogens (primary N) is 2. The fourth-order valence-electron chi connectivity index (χ4n) is 1.27. The Morgan fingerprint density at radius 3 is 2.71 bits per heavy atom. The predicted octanol–water partition coefficient (Wildman–Crippen LogP) is 1.19. The minimum atomic E-state index is -0.707. The molecule has 0 saturated heterocycles. The Labute approximate surface area is 103 Å². The normalized spacial score (nSPS) is 10.1. The second-order valence-corrected chi connectivity index (χ2v) is 3.79. The number of benzene rings is 1. The number of amides is 1. The average Bonchev–Trinajstić information content (AvgIpc) is 2.30. The molecular weight excluding hydrogens is 247 g/mol. The van der Waals surface area contributed by atoms with Crippen molar-refractivity contribution in [3.8, 4) is 0 Å².